The second-order valence-corrected chi connectivity index (χ2v) is 9.33. The van der Waals surface area contributed by atoms with E-state index in [1.807, 2.05) is 54.6 Å². The number of carboxylic acids is 1. The van der Waals surface area contributed by atoms with Gasteiger partial charge in [0.15, 0.2) is 5.75 Å². The van der Waals surface area contributed by atoms with E-state index in [9.17, 15) is 24.9 Å². The maximum absolute atomic E-state index is 12.0. The molecule has 0 spiro atoms. The molecule has 0 aliphatic rings. The third-order valence-electron chi connectivity index (χ3n) is 6.46. The molecule has 4 aromatic rings. The number of carboxylic acid groups (broad SMARTS) is 1. The summed E-state index contributed by atoms with van der Waals surface area (Å²) < 4.78 is 16.6. The van der Waals surface area contributed by atoms with Crippen LogP contribution < -0.4 is 4.74 Å². The van der Waals surface area contributed by atoms with Crippen LogP contribution in [0.5, 0.6) is 17.2 Å². The zero-order valence-electron chi connectivity index (χ0n) is 22.0. The molecule has 0 saturated carbocycles. The number of benzene rings is 3. The molecule has 8 heteroatoms. The highest BCUT2D eigenvalue weighted by atomic mass is 16.5. The summed E-state index contributed by atoms with van der Waals surface area (Å²) in [5.41, 5.74) is 3.34. The van der Waals surface area contributed by atoms with E-state index in [-0.39, 0.29) is 35.2 Å². The van der Waals surface area contributed by atoms with Crippen LogP contribution in [-0.2, 0) is 4.74 Å². The van der Waals surface area contributed by atoms with Gasteiger partial charge in [-0.15, -0.1) is 0 Å². The van der Waals surface area contributed by atoms with Crippen LogP contribution >= 0.6 is 0 Å². The average molecular weight is 545 g/mol. The largest absolute Gasteiger partial charge is 0.508 e. The first-order valence-corrected chi connectivity index (χ1v) is 13.3. The molecule has 0 radical (unpaired) electrons. The Bertz CT molecular complexity index is 1420. The number of aromatic carboxylic acids is 1. The summed E-state index contributed by atoms with van der Waals surface area (Å²) in [7, 11) is 0. The molecule has 0 bridgehead atoms. The second kappa shape index (κ2) is 13.9. The summed E-state index contributed by atoms with van der Waals surface area (Å²) in [5.74, 6) is -2.19. The van der Waals surface area contributed by atoms with Gasteiger partial charge >= 0.3 is 11.9 Å². The molecule has 0 aliphatic heterocycles. The van der Waals surface area contributed by atoms with Crippen molar-refractivity contribution in [3.8, 4) is 39.5 Å². The molecule has 0 unspecified atom stereocenters. The summed E-state index contributed by atoms with van der Waals surface area (Å²) in [4.78, 5) is 23.9. The van der Waals surface area contributed by atoms with Gasteiger partial charge in [0.1, 0.15) is 23.3 Å². The van der Waals surface area contributed by atoms with Gasteiger partial charge in [0.25, 0.3) is 5.76 Å². The van der Waals surface area contributed by atoms with Crippen LogP contribution in [0.4, 0.5) is 0 Å². The third kappa shape index (κ3) is 7.22. The minimum atomic E-state index is -1.18. The van der Waals surface area contributed by atoms with Crippen molar-refractivity contribution < 1.29 is 38.8 Å². The van der Waals surface area contributed by atoms with Gasteiger partial charge in [-0.3, -0.25) is 0 Å². The quantitative estimate of drug-likeness (QED) is 0.0857. The molecular weight excluding hydrogens is 512 g/mol. The van der Waals surface area contributed by atoms with Crippen molar-refractivity contribution >= 4 is 11.9 Å². The molecule has 40 heavy (non-hydrogen) atoms. The molecule has 0 atom stereocenters. The lowest BCUT2D eigenvalue weighted by atomic mass is 9.95. The Balaban J connectivity index is 1.23. The molecule has 208 valence electrons. The molecule has 3 aromatic carbocycles. The van der Waals surface area contributed by atoms with E-state index in [2.05, 4.69) is 0 Å². The summed E-state index contributed by atoms with van der Waals surface area (Å²) >= 11 is 0. The summed E-state index contributed by atoms with van der Waals surface area (Å²) in [6.45, 7) is 0.577. The zero-order valence-corrected chi connectivity index (χ0v) is 22.0. The third-order valence-corrected chi connectivity index (χ3v) is 6.46. The smallest absolute Gasteiger partial charge is 0.375 e. The molecule has 0 amide bonds. The van der Waals surface area contributed by atoms with E-state index in [0.717, 1.165) is 48.8 Å². The van der Waals surface area contributed by atoms with Gasteiger partial charge in [-0.05, 0) is 47.7 Å². The maximum Gasteiger partial charge on any atom is 0.375 e. The van der Waals surface area contributed by atoms with E-state index < -0.39 is 11.9 Å². The lowest BCUT2D eigenvalue weighted by molar-refractivity contribution is 0.0493. The number of furan rings is 1. The fraction of sp³-hybridized carbons (Fsp3) is 0.250. The highest BCUT2D eigenvalue weighted by molar-refractivity contribution is 5.94. The fourth-order valence-electron chi connectivity index (χ4n) is 4.43. The van der Waals surface area contributed by atoms with Crippen molar-refractivity contribution in [3.05, 3.63) is 90.4 Å². The maximum atomic E-state index is 12.0. The van der Waals surface area contributed by atoms with Crippen LogP contribution in [0, 0.1) is 0 Å². The minimum Gasteiger partial charge on any atom is -0.508 e. The summed E-state index contributed by atoms with van der Waals surface area (Å²) in [6, 6.07) is 21.3. The van der Waals surface area contributed by atoms with Gasteiger partial charge in [-0.25, -0.2) is 9.59 Å². The highest BCUT2D eigenvalue weighted by Gasteiger charge is 2.24. The molecule has 1 heterocycles. The number of esters is 1. The Kier molecular flexibility index (Phi) is 9.83. The Morgan fingerprint density at radius 2 is 1.38 bits per heavy atom. The normalized spacial score (nSPS) is 10.8. The van der Waals surface area contributed by atoms with Gasteiger partial charge in [-0.2, -0.15) is 0 Å². The lowest BCUT2D eigenvalue weighted by Gasteiger charge is -2.12. The lowest BCUT2D eigenvalue weighted by Crippen LogP contribution is -2.06. The molecular formula is C32H32O8. The fourth-order valence-corrected chi connectivity index (χ4v) is 4.43. The predicted octanol–water partition coefficient (Wildman–Crippen LogP) is 7.30. The number of unbranched alkanes of at least 4 members (excludes halogenated alkanes) is 5. The topological polar surface area (TPSA) is 126 Å². The number of carbonyl (C=O) groups excluding carboxylic acids is 1. The van der Waals surface area contributed by atoms with E-state index in [0.29, 0.717) is 18.6 Å². The number of hydrogen-bond donors (Lipinski definition) is 3. The van der Waals surface area contributed by atoms with Crippen LogP contribution in [0.3, 0.4) is 0 Å². The number of hydrogen-bond acceptors (Lipinski definition) is 7. The van der Waals surface area contributed by atoms with Crippen molar-refractivity contribution in [2.45, 2.75) is 38.5 Å². The number of phenolic OH excluding ortho intramolecular Hbond substituents is 2. The van der Waals surface area contributed by atoms with Crippen molar-refractivity contribution in [3.63, 3.8) is 0 Å². The second-order valence-electron chi connectivity index (χ2n) is 9.33. The predicted molar refractivity (Wildman–Crippen MR) is 150 cm³/mol. The first kappa shape index (κ1) is 28.3. The van der Waals surface area contributed by atoms with Crippen LogP contribution in [0.15, 0.2) is 83.5 Å². The van der Waals surface area contributed by atoms with Crippen molar-refractivity contribution in [2.75, 3.05) is 13.2 Å². The van der Waals surface area contributed by atoms with Gasteiger partial charge < -0.3 is 29.2 Å². The Hall–Kier alpha value is -4.72. The molecule has 0 fully saturated rings. The Morgan fingerprint density at radius 1 is 0.725 bits per heavy atom. The molecule has 1 aromatic heterocycles. The van der Waals surface area contributed by atoms with E-state index in [4.69, 9.17) is 13.9 Å². The van der Waals surface area contributed by atoms with Crippen LogP contribution in [-0.4, -0.2) is 40.5 Å². The number of carbonyl (C=O) groups is 2. The molecule has 0 saturated heterocycles. The van der Waals surface area contributed by atoms with Crippen LogP contribution in [0.1, 0.15) is 59.4 Å². The summed E-state index contributed by atoms with van der Waals surface area (Å²) in [6.07, 6.45) is 6.52. The number of phenols is 2. The van der Waals surface area contributed by atoms with Gasteiger partial charge in [0.05, 0.1) is 18.8 Å². The molecule has 4 rings (SSSR count). The number of ether oxygens (including phenoxy) is 2. The first-order chi connectivity index (χ1) is 19.5. The number of aromatic hydroxyl groups is 2. The van der Waals surface area contributed by atoms with Crippen LogP contribution in [0.25, 0.3) is 22.3 Å². The average Bonchev–Trinajstić information content (AvgIpc) is 3.39. The summed E-state index contributed by atoms with van der Waals surface area (Å²) in [5, 5.41) is 28.8. The SMILES string of the molecule is O=C(OCCCCCCCCOc1c(-c2ccccc2-c2ccccc2)coc1C(=O)O)c1cc(O)ccc1O. The first-order valence-electron chi connectivity index (χ1n) is 13.3. The van der Waals surface area contributed by atoms with E-state index in [1.54, 1.807) is 0 Å². The van der Waals surface area contributed by atoms with Gasteiger partial charge in [-0.1, -0.05) is 80.3 Å². The van der Waals surface area contributed by atoms with Crippen LogP contribution in [0.2, 0.25) is 0 Å². The molecule has 3 N–H and O–H groups in total. The van der Waals surface area contributed by atoms with E-state index >= 15 is 0 Å². The van der Waals surface area contributed by atoms with E-state index in [1.165, 1.54) is 24.5 Å². The monoisotopic (exact) mass is 544 g/mol. The highest BCUT2D eigenvalue weighted by Crippen LogP contribution is 2.40. The van der Waals surface area contributed by atoms with Gasteiger partial charge in [0.2, 0.25) is 0 Å². The molecule has 0 aliphatic carbocycles. The van der Waals surface area contributed by atoms with Crippen molar-refractivity contribution in [2.24, 2.45) is 0 Å². The molecule has 8 nitrogen and oxygen atoms in total. The van der Waals surface area contributed by atoms with Gasteiger partial charge in [0, 0.05) is 0 Å². The van der Waals surface area contributed by atoms with Crippen molar-refractivity contribution in [1.82, 2.24) is 0 Å². The minimum absolute atomic E-state index is 0.0598. The standard InChI is InChI=1S/C32H32O8/c33-23-16-17-28(34)26(20-23)32(37)39-19-11-4-2-1-3-10-18-38-29-27(21-40-30(29)31(35)36)25-15-9-8-14-24(25)22-12-6-5-7-13-22/h5-9,12-17,20-21,33-34H,1-4,10-11,18-19H2,(H,35,36). The zero-order chi connectivity index (χ0) is 28.3. The Morgan fingerprint density at radius 3 is 2.10 bits per heavy atom. The Labute approximate surface area is 232 Å². The van der Waals surface area contributed by atoms with Crippen molar-refractivity contribution in [1.29, 1.82) is 0 Å². The number of rotatable bonds is 14.